The van der Waals surface area contributed by atoms with Crippen molar-refractivity contribution in [3.63, 3.8) is 0 Å². The molecular weight excluding hydrogens is 248 g/mol. The summed E-state index contributed by atoms with van der Waals surface area (Å²) in [6, 6.07) is 4.76. The van der Waals surface area contributed by atoms with Gasteiger partial charge < -0.3 is 9.16 Å². The highest BCUT2D eigenvalue weighted by atomic mass is 28.4. The molecule has 4 nitrogen and oxygen atoms in total. The third-order valence-electron chi connectivity index (χ3n) is 2.06. The monoisotopic (exact) mass is 266 g/mol. The van der Waals surface area contributed by atoms with Crippen molar-refractivity contribution in [2.75, 3.05) is 6.61 Å². The average Bonchev–Trinajstić information content (AvgIpc) is 2.27. The van der Waals surface area contributed by atoms with Crippen LogP contribution in [0.3, 0.4) is 0 Å². The number of rotatable bonds is 5. The molecule has 5 heteroatoms. The highest BCUT2D eigenvalue weighted by Gasteiger charge is 2.19. The van der Waals surface area contributed by atoms with Crippen LogP contribution >= 0.6 is 0 Å². The van der Waals surface area contributed by atoms with E-state index in [2.05, 4.69) is 0 Å². The van der Waals surface area contributed by atoms with Gasteiger partial charge in [-0.25, -0.2) is 4.79 Å². The summed E-state index contributed by atoms with van der Waals surface area (Å²) in [5, 5.41) is 0. The van der Waals surface area contributed by atoms with Crippen LogP contribution in [0.4, 0.5) is 0 Å². The highest BCUT2D eigenvalue weighted by Crippen LogP contribution is 2.22. The Kier molecular flexibility index (Phi) is 4.67. The summed E-state index contributed by atoms with van der Waals surface area (Å²) in [6.45, 7) is 8.13. The smallest absolute Gasteiger partial charge is 0.338 e. The molecule has 0 amide bonds. The average molecular weight is 266 g/mol. The first-order valence-corrected chi connectivity index (χ1v) is 9.23. The molecule has 0 aliphatic carbocycles. The van der Waals surface area contributed by atoms with E-state index in [1.807, 2.05) is 19.6 Å². The second-order valence-corrected chi connectivity index (χ2v) is 9.23. The van der Waals surface area contributed by atoms with Crippen molar-refractivity contribution in [1.29, 1.82) is 0 Å². The molecule has 0 fully saturated rings. The molecule has 0 N–H and O–H groups in total. The van der Waals surface area contributed by atoms with Gasteiger partial charge in [-0.05, 0) is 44.8 Å². The molecule has 0 saturated heterocycles. The minimum absolute atomic E-state index is 0.308. The maximum absolute atomic E-state index is 11.5. The molecule has 0 aliphatic heterocycles. The van der Waals surface area contributed by atoms with Crippen molar-refractivity contribution in [3.05, 3.63) is 29.3 Å². The number of ether oxygens (including phenoxy) is 1. The number of hydrogen-bond acceptors (Lipinski definition) is 4. The zero-order valence-electron chi connectivity index (χ0n) is 11.1. The number of carbonyl (C=O) groups excluding carboxylic acids is 2. The minimum Gasteiger partial charge on any atom is -0.544 e. The van der Waals surface area contributed by atoms with Gasteiger partial charge in [-0.3, -0.25) is 4.79 Å². The van der Waals surface area contributed by atoms with E-state index in [-0.39, 0.29) is 0 Å². The van der Waals surface area contributed by atoms with Gasteiger partial charge in [-0.15, -0.1) is 0 Å². The maximum atomic E-state index is 11.5. The Balaban J connectivity index is 3.04. The largest absolute Gasteiger partial charge is 0.544 e. The highest BCUT2D eigenvalue weighted by molar-refractivity contribution is 6.70. The molecule has 0 spiro atoms. The first-order valence-electron chi connectivity index (χ1n) is 5.82. The van der Waals surface area contributed by atoms with E-state index in [1.165, 1.54) is 6.07 Å². The van der Waals surface area contributed by atoms with Crippen LogP contribution in [0.5, 0.6) is 5.75 Å². The summed E-state index contributed by atoms with van der Waals surface area (Å²) in [6.07, 6.45) is 0.693. The zero-order valence-corrected chi connectivity index (χ0v) is 12.1. The van der Waals surface area contributed by atoms with Gasteiger partial charge >= 0.3 is 5.97 Å². The first kappa shape index (κ1) is 14.4. The van der Waals surface area contributed by atoms with Gasteiger partial charge in [0.15, 0.2) is 6.29 Å². The fourth-order valence-corrected chi connectivity index (χ4v) is 2.25. The Morgan fingerprint density at radius 1 is 1.33 bits per heavy atom. The molecular formula is C13H18O4Si. The molecule has 1 aromatic rings. The van der Waals surface area contributed by atoms with Gasteiger partial charge in [0.25, 0.3) is 0 Å². The molecule has 0 heterocycles. The van der Waals surface area contributed by atoms with Crippen molar-refractivity contribution in [3.8, 4) is 5.75 Å². The van der Waals surface area contributed by atoms with E-state index >= 15 is 0 Å². The quantitative estimate of drug-likeness (QED) is 0.467. The molecule has 0 saturated carbocycles. The predicted molar refractivity (Wildman–Crippen MR) is 71.8 cm³/mol. The molecule has 18 heavy (non-hydrogen) atoms. The number of esters is 1. The van der Waals surface area contributed by atoms with E-state index in [0.717, 1.165) is 0 Å². The Hall–Kier alpha value is -1.62. The lowest BCUT2D eigenvalue weighted by Crippen LogP contribution is -2.29. The van der Waals surface area contributed by atoms with Crippen LogP contribution in [-0.2, 0) is 4.74 Å². The van der Waals surface area contributed by atoms with Crippen LogP contribution in [0, 0.1) is 0 Å². The van der Waals surface area contributed by atoms with Gasteiger partial charge in [-0.1, -0.05) is 0 Å². The number of hydrogen-bond donors (Lipinski definition) is 0. The molecule has 0 radical (unpaired) electrons. The number of benzene rings is 1. The number of aldehydes is 1. The number of carbonyl (C=O) groups is 2. The fourth-order valence-electron chi connectivity index (χ4n) is 1.40. The van der Waals surface area contributed by atoms with Crippen LogP contribution in [-0.4, -0.2) is 27.2 Å². The SMILES string of the molecule is CCOC(=O)c1ccc(O[Si](C)(C)C)c(C=O)c1. The van der Waals surface area contributed by atoms with Crippen molar-refractivity contribution in [1.82, 2.24) is 0 Å². The molecule has 0 unspecified atom stereocenters. The van der Waals surface area contributed by atoms with E-state index in [9.17, 15) is 9.59 Å². The Bertz CT molecular complexity index is 449. The molecule has 1 aromatic carbocycles. The first-order chi connectivity index (χ1) is 8.37. The molecule has 0 atom stereocenters. The van der Waals surface area contributed by atoms with Crippen LogP contribution in [0.15, 0.2) is 18.2 Å². The van der Waals surface area contributed by atoms with Crippen molar-refractivity contribution >= 4 is 20.6 Å². The summed E-state index contributed by atoms with van der Waals surface area (Å²) in [7, 11) is -1.78. The lowest BCUT2D eigenvalue weighted by molar-refractivity contribution is 0.0526. The van der Waals surface area contributed by atoms with Crippen LogP contribution in [0.2, 0.25) is 19.6 Å². The lowest BCUT2D eigenvalue weighted by Gasteiger charge is -2.20. The van der Waals surface area contributed by atoms with Crippen molar-refractivity contribution < 1.29 is 18.8 Å². The van der Waals surface area contributed by atoms with Crippen LogP contribution in [0.25, 0.3) is 0 Å². The normalized spacial score (nSPS) is 10.9. The standard InChI is InChI=1S/C13H18O4Si/c1-5-16-13(15)10-6-7-12(11(8-10)9-14)17-18(2,3)4/h6-9H,5H2,1-4H3. The Morgan fingerprint density at radius 3 is 2.50 bits per heavy atom. The predicted octanol–water partition coefficient (Wildman–Crippen LogP) is 2.89. The van der Waals surface area contributed by atoms with E-state index in [0.29, 0.717) is 29.8 Å². The minimum atomic E-state index is -1.78. The third kappa shape index (κ3) is 3.99. The summed E-state index contributed by atoms with van der Waals surface area (Å²) in [4.78, 5) is 22.6. The van der Waals surface area contributed by atoms with E-state index in [1.54, 1.807) is 19.1 Å². The molecule has 0 aromatic heterocycles. The van der Waals surface area contributed by atoms with Gasteiger partial charge in [0, 0.05) is 0 Å². The fraction of sp³-hybridized carbons (Fsp3) is 0.385. The van der Waals surface area contributed by atoms with Crippen LogP contribution < -0.4 is 4.43 Å². The zero-order chi connectivity index (χ0) is 13.8. The summed E-state index contributed by atoms with van der Waals surface area (Å²) < 4.78 is 10.7. The maximum Gasteiger partial charge on any atom is 0.338 e. The summed E-state index contributed by atoms with van der Waals surface area (Å²) in [5.74, 6) is 0.0948. The second kappa shape index (κ2) is 5.82. The second-order valence-electron chi connectivity index (χ2n) is 4.81. The summed E-state index contributed by atoms with van der Waals surface area (Å²) >= 11 is 0. The van der Waals surface area contributed by atoms with Crippen molar-refractivity contribution in [2.45, 2.75) is 26.6 Å². The summed E-state index contributed by atoms with van der Waals surface area (Å²) in [5.41, 5.74) is 0.741. The van der Waals surface area contributed by atoms with Gasteiger partial charge in [0.1, 0.15) is 5.75 Å². The Labute approximate surface area is 108 Å². The van der Waals surface area contributed by atoms with Gasteiger partial charge in [0.2, 0.25) is 8.32 Å². The topological polar surface area (TPSA) is 52.6 Å². The van der Waals surface area contributed by atoms with E-state index in [4.69, 9.17) is 9.16 Å². The molecule has 98 valence electrons. The lowest BCUT2D eigenvalue weighted by atomic mass is 10.1. The molecule has 1 rings (SSSR count). The third-order valence-corrected chi connectivity index (χ3v) is 2.90. The Morgan fingerprint density at radius 2 is 2.00 bits per heavy atom. The van der Waals surface area contributed by atoms with Crippen molar-refractivity contribution in [2.24, 2.45) is 0 Å². The van der Waals surface area contributed by atoms with Gasteiger partial charge in [0.05, 0.1) is 17.7 Å². The molecule has 0 bridgehead atoms. The van der Waals surface area contributed by atoms with E-state index < -0.39 is 14.3 Å². The van der Waals surface area contributed by atoms with Crippen LogP contribution in [0.1, 0.15) is 27.6 Å². The van der Waals surface area contributed by atoms with Gasteiger partial charge in [-0.2, -0.15) is 0 Å². The molecule has 0 aliphatic rings.